The smallest absolute Gasteiger partial charge is 0.156 e. The van der Waals surface area contributed by atoms with Crippen LogP contribution in [-0.2, 0) is 4.74 Å². The lowest BCUT2D eigenvalue weighted by atomic mass is 10.2. The molecule has 0 amide bonds. The first-order chi connectivity index (χ1) is 9.33. The molecule has 0 radical (unpaired) electrons. The van der Waals surface area contributed by atoms with Crippen LogP contribution in [0.2, 0.25) is 0 Å². The van der Waals surface area contributed by atoms with Crippen LogP contribution in [0, 0.1) is 0 Å². The fraction of sp³-hybridized carbons (Fsp3) is 0.429. The van der Waals surface area contributed by atoms with Gasteiger partial charge >= 0.3 is 0 Å². The van der Waals surface area contributed by atoms with E-state index < -0.39 is 0 Å². The fourth-order valence-corrected chi connectivity index (χ4v) is 2.36. The van der Waals surface area contributed by atoms with Crippen molar-refractivity contribution in [3.63, 3.8) is 0 Å². The average molecular weight is 258 g/mol. The van der Waals surface area contributed by atoms with Crippen molar-refractivity contribution >= 4 is 16.6 Å². The molecular formula is C14H18N4O. The van der Waals surface area contributed by atoms with Gasteiger partial charge in [-0.1, -0.05) is 24.3 Å². The number of hydrogen-bond donors (Lipinski definition) is 1. The van der Waals surface area contributed by atoms with Crippen molar-refractivity contribution in [1.82, 2.24) is 15.1 Å². The van der Waals surface area contributed by atoms with Gasteiger partial charge in [0.15, 0.2) is 5.82 Å². The summed E-state index contributed by atoms with van der Waals surface area (Å²) in [6.45, 7) is 3.51. The quantitative estimate of drug-likeness (QED) is 0.901. The van der Waals surface area contributed by atoms with Gasteiger partial charge in [-0.2, -0.15) is 5.10 Å². The molecule has 2 heterocycles. The van der Waals surface area contributed by atoms with Crippen LogP contribution in [0.15, 0.2) is 30.5 Å². The minimum absolute atomic E-state index is 0.208. The van der Waals surface area contributed by atoms with Gasteiger partial charge < -0.3 is 15.0 Å². The number of fused-ring (bicyclic) bond motifs is 1. The summed E-state index contributed by atoms with van der Waals surface area (Å²) in [6, 6.07) is 8.12. The van der Waals surface area contributed by atoms with E-state index in [9.17, 15) is 0 Å². The lowest BCUT2D eigenvalue weighted by Crippen LogP contribution is -2.43. The Hall–Kier alpha value is -1.72. The molecule has 100 valence electrons. The van der Waals surface area contributed by atoms with E-state index in [1.165, 1.54) is 0 Å². The van der Waals surface area contributed by atoms with Crippen molar-refractivity contribution in [2.75, 3.05) is 38.6 Å². The van der Waals surface area contributed by atoms with Crippen LogP contribution >= 0.6 is 0 Å². The summed E-state index contributed by atoms with van der Waals surface area (Å²) >= 11 is 0. The first kappa shape index (κ1) is 12.3. The topological polar surface area (TPSA) is 50.3 Å². The molecule has 1 saturated heterocycles. The minimum Gasteiger partial charge on any atom is -0.374 e. The molecule has 3 rings (SSSR count). The second kappa shape index (κ2) is 5.50. The maximum Gasteiger partial charge on any atom is 0.156 e. The van der Waals surface area contributed by atoms with Crippen LogP contribution in [0.3, 0.4) is 0 Å². The summed E-state index contributed by atoms with van der Waals surface area (Å²) in [6.07, 6.45) is 1.99. The molecule has 1 aliphatic heterocycles. The molecule has 1 unspecified atom stereocenters. The summed E-state index contributed by atoms with van der Waals surface area (Å²) < 4.78 is 5.73. The van der Waals surface area contributed by atoms with Gasteiger partial charge in [-0.25, -0.2) is 0 Å². The number of rotatable bonds is 3. The molecular weight excluding hydrogens is 240 g/mol. The Morgan fingerprint density at radius 3 is 3.21 bits per heavy atom. The van der Waals surface area contributed by atoms with Crippen LogP contribution in [0.1, 0.15) is 0 Å². The Bertz CT molecular complexity index is 555. The Labute approximate surface area is 112 Å². The largest absolute Gasteiger partial charge is 0.374 e. The third-order valence-electron chi connectivity index (χ3n) is 3.41. The molecule has 1 atom stereocenters. The van der Waals surface area contributed by atoms with Gasteiger partial charge in [0.05, 0.1) is 18.9 Å². The molecule has 1 aliphatic rings. The number of nitrogens with one attached hydrogen (secondary N) is 1. The lowest BCUT2D eigenvalue weighted by molar-refractivity contribution is -0.0117. The molecule has 5 nitrogen and oxygen atoms in total. The van der Waals surface area contributed by atoms with E-state index in [4.69, 9.17) is 4.74 Å². The average Bonchev–Trinajstić information content (AvgIpc) is 2.45. The summed E-state index contributed by atoms with van der Waals surface area (Å²) in [5.74, 6) is 0.829. The highest BCUT2D eigenvalue weighted by Crippen LogP contribution is 2.19. The zero-order valence-electron chi connectivity index (χ0n) is 11.0. The van der Waals surface area contributed by atoms with Crippen molar-refractivity contribution in [1.29, 1.82) is 0 Å². The van der Waals surface area contributed by atoms with Crippen LogP contribution in [0.25, 0.3) is 10.8 Å². The first-order valence-electron chi connectivity index (χ1n) is 6.57. The maximum atomic E-state index is 5.73. The maximum absolute atomic E-state index is 5.73. The van der Waals surface area contributed by atoms with E-state index in [0.29, 0.717) is 0 Å². The van der Waals surface area contributed by atoms with Gasteiger partial charge in [-0.15, -0.1) is 5.10 Å². The van der Waals surface area contributed by atoms with Crippen molar-refractivity contribution in [2.45, 2.75) is 6.10 Å². The van der Waals surface area contributed by atoms with Crippen LogP contribution in [0.5, 0.6) is 0 Å². The van der Waals surface area contributed by atoms with Gasteiger partial charge in [0.2, 0.25) is 0 Å². The highest BCUT2D eigenvalue weighted by molar-refractivity contribution is 5.90. The Balaban J connectivity index is 1.71. The number of nitrogens with zero attached hydrogens (tertiary/aromatic N) is 3. The predicted octanol–water partition coefficient (Wildman–Crippen LogP) is 1.37. The number of likely N-dealkylation sites (N-methyl/N-ethyl adjacent to an activating group) is 1. The normalized spacial score (nSPS) is 20.6. The van der Waals surface area contributed by atoms with Crippen molar-refractivity contribution < 1.29 is 4.74 Å². The molecule has 1 N–H and O–H groups in total. The van der Waals surface area contributed by atoms with Gasteiger partial charge in [0, 0.05) is 30.4 Å². The third kappa shape index (κ3) is 2.83. The number of benzene rings is 1. The zero-order chi connectivity index (χ0) is 13.1. The highest BCUT2D eigenvalue weighted by Gasteiger charge is 2.17. The molecule has 1 fully saturated rings. The molecule has 19 heavy (non-hydrogen) atoms. The molecule has 2 aromatic rings. The van der Waals surface area contributed by atoms with Crippen LogP contribution in [0.4, 0.5) is 5.82 Å². The monoisotopic (exact) mass is 258 g/mol. The standard InChI is InChI=1S/C14H18N4O/c1-18-6-7-19-12(10-18)9-15-14-13-5-3-2-4-11(13)8-16-17-14/h2-5,8,12H,6-7,9-10H2,1H3,(H,15,17). The van der Waals surface area contributed by atoms with Crippen molar-refractivity contribution in [3.8, 4) is 0 Å². The van der Waals surface area contributed by atoms with Crippen molar-refractivity contribution in [3.05, 3.63) is 30.5 Å². The number of hydrogen-bond acceptors (Lipinski definition) is 5. The number of aromatic nitrogens is 2. The van der Waals surface area contributed by atoms with E-state index in [2.05, 4.69) is 33.5 Å². The van der Waals surface area contributed by atoms with Gasteiger partial charge in [-0.05, 0) is 7.05 Å². The van der Waals surface area contributed by atoms with E-state index in [-0.39, 0.29) is 6.10 Å². The summed E-state index contributed by atoms with van der Waals surface area (Å²) in [7, 11) is 2.12. The molecule has 0 saturated carbocycles. The SMILES string of the molecule is CN1CCOC(CNc2nncc3ccccc23)C1. The Morgan fingerprint density at radius 1 is 1.42 bits per heavy atom. The van der Waals surface area contributed by atoms with Gasteiger partial charge in [0.25, 0.3) is 0 Å². The number of ether oxygens (including phenoxy) is 1. The number of anilines is 1. The predicted molar refractivity (Wildman–Crippen MR) is 75.3 cm³/mol. The van der Waals surface area contributed by atoms with E-state index in [1.54, 1.807) is 6.20 Å². The van der Waals surface area contributed by atoms with Crippen molar-refractivity contribution in [2.24, 2.45) is 0 Å². The Kier molecular flexibility index (Phi) is 3.57. The fourth-order valence-electron chi connectivity index (χ4n) is 2.36. The second-order valence-electron chi connectivity index (χ2n) is 4.92. The summed E-state index contributed by atoms with van der Waals surface area (Å²) in [5, 5.41) is 13.8. The van der Waals surface area contributed by atoms with E-state index in [1.807, 2.05) is 18.2 Å². The molecule has 0 spiro atoms. The lowest BCUT2D eigenvalue weighted by Gasteiger charge is -2.30. The number of morpholine rings is 1. The molecule has 5 heteroatoms. The van der Waals surface area contributed by atoms with Gasteiger partial charge in [-0.3, -0.25) is 0 Å². The zero-order valence-corrected chi connectivity index (χ0v) is 11.0. The molecule has 1 aromatic heterocycles. The van der Waals surface area contributed by atoms with Crippen LogP contribution < -0.4 is 5.32 Å². The van der Waals surface area contributed by atoms with E-state index in [0.717, 1.165) is 42.8 Å². The van der Waals surface area contributed by atoms with Crippen LogP contribution in [-0.4, -0.2) is 54.5 Å². The van der Waals surface area contributed by atoms with Gasteiger partial charge in [0.1, 0.15) is 0 Å². The minimum atomic E-state index is 0.208. The molecule has 1 aromatic carbocycles. The third-order valence-corrected chi connectivity index (χ3v) is 3.41. The second-order valence-corrected chi connectivity index (χ2v) is 4.92. The van der Waals surface area contributed by atoms with E-state index >= 15 is 0 Å². The molecule has 0 bridgehead atoms. The summed E-state index contributed by atoms with van der Waals surface area (Å²) in [4.78, 5) is 2.28. The summed E-state index contributed by atoms with van der Waals surface area (Å²) in [5.41, 5.74) is 0. The highest BCUT2D eigenvalue weighted by atomic mass is 16.5. The first-order valence-corrected chi connectivity index (χ1v) is 6.57. The molecule has 0 aliphatic carbocycles. The Morgan fingerprint density at radius 2 is 2.32 bits per heavy atom.